The van der Waals surface area contributed by atoms with Crippen molar-refractivity contribution in [1.29, 1.82) is 0 Å². The minimum absolute atomic E-state index is 0.00374. The van der Waals surface area contributed by atoms with Crippen molar-refractivity contribution >= 4 is 5.78 Å². The maximum Gasteiger partial charge on any atom is 0.189 e. The lowest BCUT2D eigenvalue weighted by molar-refractivity contribution is -0.343. The molecule has 0 aromatic rings. The van der Waals surface area contributed by atoms with E-state index in [1.807, 2.05) is 19.9 Å². The smallest absolute Gasteiger partial charge is 0.189 e. The van der Waals surface area contributed by atoms with E-state index in [-0.39, 0.29) is 34.7 Å². The van der Waals surface area contributed by atoms with Crippen molar-refractivity contribution in [3.05, 3.63) is 11.6 Å². The van der Waals surface area contributed by atoms with Crippen LogP contribution in [-0.4, -0.2) is 87.6 Å². The van der Waals surface area contributed by atoms with Gasteiger partial charge >= 0.3 is 0 Å². The molecule has 0 amide bonds. The summed E-state index contributed by atoms with van der Waals surface area (Å²) in [6.45, 7) is 15.4. The Morgan fingerprint density at radius 1 is 0.978 bits per heavy atom. The van der Waals surface area contributed by atoms with E-state index in [0.29, 0.717) is 36.9 Å². The molecule has 4 aliphatic carbocycles. The monoisotopic (exact) mass is 636 g/mol. The highest BCUT2D eigenvalue weighted by molar-refractivity contribution is 5.85. The molecule has 14 atom stereocenters. The number of Topliss-reactive ketones (excluding diaryl/α,β-unsaturated/α-hetero) is 1. The number of carbonyl (C=O) groups excluding carboxylic acids is 1. The molecule has 9 heteroatoms. The first kappa shape index (κ1) is 35.4. The molecule has 5 N–H and O–H groups in total. The van der Waals surface area contributed by atoms with Gasteiger partial charge in [0.1, 0.15) is 24.1 Å². The predicted octanol–water partition coefficient (Wildman–Crippen LogP) is 4.12. The van der Waals surface area contributed by atoms with Gasteiger partial charge in [0, 0.05) is 24.9 Å². The van der Waals surface area contributed by atoms with Crippen molar-refractivity contribution in [2.24, 2.45) is 45.3 Å². The van der Waals surface area contributed by atoms with Gasteiger partial charge in [-0.2, -0.15) is 0 Å². The van der Waals surface area contributed by atoms with Crippen LogP contribution >= 0.6 is 0 Å². The van der Waals surface area contributed by atoms with Crippen LogP contribution in [0.2, 0.25) is 0 Å². The normalized spacial score (nSPS) is 49.5. The quantitative estimate of drug-likeness (QED) is 0.249. The molecule has 5 fully saturated rings. The van der Waals surface area contributed by atoms with E-state index < -0.39 is 48.0 Å². The number of ether oxygens (including phenoxy) is 3. The number of allylic oxidation sites excluding steroid dienone is 1. The van der Waals surface area contributed by atoms with Gasteiger partial charge < -0.3 is 39.7 Å². The molecule has 4 saturated carbocycles. The minimum Gasteiger partial charge on any atom is -0.393 e. The first-order valence-electron chi connectivity index (χ1n) is 17.3. The first-order valence-corrected chi connectivity index (χ1v) is 17.3. The Morgan fingerprint density at radius 3 is 2.31 bits per heavy atom. The molecule has 45 heavy (non-hydrogen) atoms. The second-order valence-electron chi connectivity index (χ2n) is 17.0. The van der Waals surface area contributed by atoms with Crippen LogP contribution in [0, 0.1) is 45.3 Å². The van der Waals surface area contributed by atoms with Gasteiger partial charge in [-0.25, -0.2) is 0 Å². The van der Waals surface area contributed by atoms with E-state index in [1.165, 1.54) is 7.11 Å². The van der Waals surface area contributed by atoms with Crippen LogP contribution in [-0.2, 0) is 19.0 Å². The molecule has 0 aromatic carbocycles. The number of hydrogen-bond donors (Lipinski definition) is 5. The molecule has 5 rings (SSSR count). The van der Waals surface area contributed by atoms with E-state index in [9.17, 15) is 30.3 Å². The molecule has 258 valence electrons. The van der Waals surface area contributed by atoms with Crippen molar-refractivity contribution in [1.82, 2.24) is 0 Å². The lowest BCUT2D eigenvalue weighted by Gasteiger charge is -2.70. The molecule has 0 spiro atoms. The summed E-state index contributed by atoms with van der Waals surface area (Å²) >= 11 is 0. The van der Waals surface area contributed by atoms with Gasteiger partial charge in [0.25, 0.3) is 0 Å². The molecule has 0 aromatic heterocycles. The van der Waals surface area contributed by atoms with Gasteiger partial charge in [-0.05, 0) is 99.2 Å². The number of methoxy groups -OCH3 is 1. The second kappa shape index (κ2) is 12.2. The average molecular weight is 637 g/mol. The second-order valence-corrected chi connectivity index (χ2v) is 17.0. The summed E-state index contributed by atoms with van der Waals surface area (Å²) in [6, 6.07) is 0. The predicted molar refractivity (Wildman–Crippen MR) is 169 cm³/mol. The third-order valence-corrected chi connectivity index (χ3v) is 14.2. The van der Waals surface area contributed by atoms with Crippen LogP contribution in [0.4, 0.5) is 0 Å². The Hall–Kier alpha value is -0.910. The van der Waals surface area contributed by atoms with E-state index in [1.54, 1.807) is 0 Å². The Morgan fingerprint density at radius 2 is 1.64 bits per heavy atom. The molecule has 1 heterocycles. The van der Waals surface area contributed by atoms with Crippen molar-refractivity contribution in [2.75, 3.05) is 13.7 Å². The molecule has 9 nitrogen and oxygen atoms in total. The summed E-state index contributed by atoms with van der Waals surface area (Å²) in [6.07, 6.45) is 2.70. The van der Waals surface area contributed by atoms with E-state index >= 15 is 0 Å². The summed E-state index contributed by atoms with van der Waals surface area (Å²) in [4.78, 5) is 13.0. The van der Waals surface area contributed by atoms with Crippen LogP contribution in [0.15, 0.2) is 11.6 Å². The molecular formula is C36H60O9. The zero-order valence-electron chi connectivity index (χ0n) is 28.8. The Labute approximate surface area is 269 Å². The fourth-order valence-corrected chi connectivity index (χ4v) is 11.7. The average Bonchev–Trinajstić information content (AvgIpc) is 3.32. The molecule has 0 radical (unpaired) electrons. The van der Waals surface area contributed by atoms with Gasteiger partial charge in [0.2, 0.25) is 0 Å². The molecule has 1 saturated heterocycles. The van der Waals surface area contributed by atoms with Crippen LogP contribution < -0.4 is 0 Å². The third-order valence-electron chi connectivity index (χ3n) is 14.2. The Balaban J connectivity index is 1.23. The zero-order chi connectivity index (χ0) is 33.3. The van der Waals surface area contributed by atoms with Crippen LogP contribution in [0.1, 0.15) is 106 Å². The van der Waals surface area contributed by atoms with Crippen molar-refractivity contribution in [3.8, 4) is 0 Å². The molecular weight excluding hydrogens is 576 g/mol. The summed E-state index contributed by atoms with van der Waals surface area (Å²) in [5.74, 6) is 1.25. The zero-order valence-corrected chi connectivity index (χ0v) is 28.8. The molecule has 0 unspecified atom stereocenters. The third kappa shape index (κ3) is 5.59. The lowest BCUT2D eigenvalue weighted by atomic mass is 9.35. The maximum atomic E-state index is 13.0. The maximum absolute atomic E-state index is 13.0. The topological polar surface area (TPSA) is 146 Å². The van der Waals surface area contributed by atoms with Gasteiger partial charge in [-0.15, -0.1) is 0 Å². The highest BCUT2D eigenvalue weighted by Gasteiger charge is 2.71. The van der Waals surface area contributed by atoms with Crippen molar-refractivity contribution in [2.45, 2.75) is 149 Å². The standard InChI is InChI=1S/C36H60O9/c1-20(19-44-31-28(41)26(39)27(40)30(43-8)45-31)10-9-15-36(7,42)22-13-17-34(5)21(22)11-12-24-33(4)16-14-25(38)32(2,3)29(33)23(37)18-35(24,34)6/h10,21-24,26-31,37,39-42H,9,11-19H2,1-8H3/b20-10+/t21-,22-,23-,24+,26-,27-,28+,29-,30-,31+,33+,34+,35+,36-/m0/s1. The summed E-state index contributed by atoms with van der Waals surface area (Å²) in [5, 5.41) is 54.1. The fraction of sp³-hybridized carbons (Fsp3) is 0.917. The Kier molecular flexibility index (Phi) is 9.60. The molecule has 1 aliphatic heterocycles. The highest BCUT2D eigenvalue weighted by atomic mass is 16.8. The fourth-order valence-electron chi connectivity index (χ4n) is 11.7. The number of carbonyl (C=O) groups is 1. The Bertz CT molecular complexity index is 1130. The van der Waals surface area contributed by atoms with Crippen LogP contribution in [0.25, 0.3) is 0 Å². The van der Waals surface area contributed by atoms with E-state index in [2.05, 4.69) is 34.6 Å². The highest BCUT2D eigenvalue weighted by Crippen LogP contribution is 2.75. The number of rotatable bonds is 8. The molecule has 0 bridgehead atoms. The summed E-state index contributed by atoms with van der Waals surface area (Å²) in [7, 11) is 1.35. The van der Waals surface area contributed by atoms with Gasteiger partial charge in [0.15, 0.2) is 12.6 Å². The number of aliphatic hydroxyl groups is 5. The summed E-state index contributed by atoms with van der Waals surface area (Å²) < 4.78 is 16.2. The number of aliphatic hydroxyl groups excluding tert-OH is 4. The lowest BCUT2D eigenvalue weighted by Crippen LogP contribution is -2.67. The molecule has 5 aliphatic rings. The first-order chi connectivity index (χ1) is 20.8. The summed E-state index contributed by atoms with van der Waals surface area (Å²) in [5.41, 5.74) is -0.589. The van der Waals surface area contributed by atoms with Gasteiger partial charge in [0.05, 0.1) is 18.3 Å². The number of fused-ring (bicyclic) bond motifs is 5. The number of hydrogen-bond acceptors (Lipinski definition) is 9. The van der Waals surface area contributed by atoms with Crippen molar-refractivity contribution in [3.63, 3.8) is 0 Å². The van der Waals surface area contributed by atoms with Crippen molar-refractivity contribution < 1.29 is 44.5 Å². The number of ketones is 1. The van der Waals surface area contributed by atoms with Crippen LogP contribution in [0.5, 0.6) is 0 Å². The van der Waals surface area contributed by atoms with Crippen LogP contribution in [0.3, 0.4) is 0 Å². The largest absolute Gasteiger partial charge is 0.393 e. The van der Waals surface area contributed by atoms with Gasteiger partial charge in [-0.1, -0.05) is 46.3 Å². The van der Waals surface area contributed by atoms with E-state index in [0.717, 1.165) is 44.1 Å². The SMILES string of the molecule is CO[C@H]1O[C@@H](OC/C(C)=C/CC[C@](C)(O)[C@H]2CC[C@]3(C)[C@H]2CC[C@@H]2[C@@]4(C)CCC(=O)C(C)(C)[C@@H]4[C@@H](O)C[C@]23C)[C@H](O)[C@@H](O)[C@@H]1O. The van der Waals surface area contributed by atoms with E-state index in [4.69, 9.17) is 14.2 Å². The van der Waals surface area contributed by atoms with Gasteiger partial charge in [-0.3, -0.25) is 4.79 Å². The minimum atomic E-state index is -1.44.